The van der Waals surface area contributed by atoms with Crippen molar-refractivity contribution in [2.24, 2.45) is 7.05 Å². The van der Waals surface area contributed by atoms with E-state index in [9.17, 15) is 4.79 Å². The van der Waals surface area contributed by atoms with Crippen molar-refractivity contribution in [3.63, 3.8) is 0 Å². The van der Waals surface area contributed by atoms with Gasteiger partial charge in [0.05, 0.1) is 11.4 Å². The largest absolute Gasteiger partial charge is 0.310 e. The van der Waals surface area contributed by atoms with Gasteiger partial charge in [-0.05, 0) is 18.2 Å². The molecule has 0 saturated heterocycles. The summed E-state index contributed by atoms with van der Waals surface area (Å²) in [6, 6.07) is 10.8. The van der Waals surface area contributed by atoms with Crippen LogP contribution in [0.3, 0.4) is 0 Å². The fourth-order valence-corrected chi connectivity index (χ4v) is 1.34. The normalized spacial score (nSPS) is 10.1. The molecule has 3 nitrogen and oxygen atoms in total. The van der Waals surface area contributed by atoms with E-state index < -0.39 is 0 Å². The average molecular weight is 186 g/mol. The zero-order chi connectivity index (χ0) is 9.97. The molecule has 0 aliphatic carbocycles. The molecule has 2 heterocycles. The van der Waals surface area contributed by atoms with E-state index >= 15 is 0 Å². The first-order chi connectivity index (χ1) is 6.79. The molecule has 2 aromatic rings. The van der Waals surface area contributed by atoms with Crippen LogP contribution in [0.5, 0.6) is 0 Å². The summed E-state index contributed by atoms with van der Waals surface area (Å²) in [6.45, 7) is 0. The van der Waals surface area contributed by atoms with Gasteiger partial charge in [-0.25, -0.2) is 0 Å². The maximum absolute atomic E-state index is 11.3. The number of rotatable bonds is 1. The summed E-state index contributed by atoms with van der Waals surface area (Å²) in [5.41, 5.74) is 1.62. The zero-order valence-electron chi connectivity index (χ0n) is 7.84. The molecule has 0 bridgehead atoms. The zero-order valence-corrected chi connectivity index (χ0v) is 7.84. The molecule has 0 N–H and O–H groups in total. The van der Waals surface area contributed by atoms with Crippen molar-refractivity contribution in [2.45, 2.75) is 0 Å². The minimum absolute atomic E-state index is 0.0202. The molecule has 2 aromatic heterocycles. The van der Waals surface area contributed by atoms with Gasteiger partial charge in [0.25, 0.3) is 5.56 Å². The lowest BCUT2D eigenvalue weighted by Gasteiger charge is -2.05. The summed E-state index contributed by atoms with van der Waals surface area (Å²) < 4.78 is 1.59. The Hall–Kier alpha value is -1.90. The van der Waals surface area contributed by atoms with E-state index in [-0.39, 0.29) is 5.56 Å². The van der Waals surface area contributed by atoms with Crippen LogP contribution in [0.15, 0.2) is 47.4 Å². The van der Waals surface area contributed by atoms with E-state index in [0.717, 1.165) is 11.4 Å². The van der Waals surface area contributed by atoms with Gasteiger partial charge in [0.15, 0.2) is 0 Å². The Morgan fingerprint density at radius 1 is 1.14 bits per heavy atom. The molecule has 0 aliphatic heterocycles. The Morgan fingerprint density at radius 3 is 2.71 bits per heavy atom. The highest BCUT2D eigenvalue weighted by molar-refractivity contribution is 5.53. The third kappa shape index (κ3) is 1.44. The molecular weight excluding hydrogens is 176 g/mol. The summed E-state index contributed by atoms with van der Waals surface area (Å²) >= 11 is 0. The first kappa shape index (κ1) is 8.69. The molecule has 70 valence electrons. The van der Waals surface area contributed by atoms with Crippen LogP contribution < -0.4 is 5.56 Å². The standard InChI is InChI=1S/C11H10N2O/c1-13-10(6-4-7-11(13)14)9-5-2-3-8-12-9/h2-8H,1H3. The number of pyridine rings is 2. The molecule has 0 spiro atoms. The van der Waals surface area contributed by atoms with Crippen molar-refractivity contribution in [3.05, 3.63) is 52.9 Å². The van der Waals surface area contributed by atoms with Crippen LogP contribution in [-0.2, 0) is 7.05 Å². The van der Waals surface area contributed by atoms with Crippen LogP contribution in [-0.4, -0.2) is 9.55 Å². The van der Waals surface area contributed by atoms with E-state index in [4.69, 9.17) is 0 Å². The number of hydrogen-bond donors (Lipinski definition) is 0. The fourth-order valence-electron chi connectivity index (χ4n) is 1.34. The molecule has 0 fully saturated rings. The highest BCUT2D eigenvalue weighted by atomic mass is 16.1. The first-order valence-electron chi connectivity index (χ1n) is 4.36. The molecule has 0 atom stereocenters. The Balaban J connectivity index is 2.64. The number of hydrogen-bond acceptors (Lipinski definition) is 2. The molecule has 0 aliphatic rings. The maximum atomic E-state index is 11.3. The van der Waals surface area contributed by atoms with Crippen LogP contribution >= 0.6 is 0 Å². The summed E-state index contributed by atoms with van der Waals surface area (Å²) in [4.78, 5) is 15.5. The summed E-state index contributed by atoms with van der Waals surface area (Å²) in [5.74, 6) is 0. The second kappa shape index (κ2) is 3.46. The van der Waals surface area contributed by atoms with Crippen LogP contribution in [0.1, 0.15) is 0 Å². The lowest BCUT2D eigenvalue weighted by molar-refractivity contribution is 0.866. The molecule has 0 amide bonds. The van der Waals surface area contributed by atoms with E-state index in [1.54, 1.807) is 23.9 Å². The van der Waals surface area contributed by atoms with Crippen molar-refractivity contribution >= 4 is 0 Å². The van der Waals surface area contributed by atoms with Gasteiger partial charge >= 0.3 is 0 Å². The Kier molecular flexibility index (Phi) is 2.14. The molecule has 0 unspecified atom stereocenters. The number of aromatic nitrogens is 2. The second-order valence-electron chi connectivity index (χ2n) is 3.02. The molecule has 3 heteroatoms. The van der Waals surface area contributed by atoms with E-state index in [2.05, 4.69) is 4.98 Å². The van der Waals surface area contributed by atoms with Gasteiger partial charge in [0.2, 0.25) is 0 Å². The van der Waals surface area contributed by atoms with Crippen LogP contribution in [0.25, 0.3) is 11.4 Å². The SMILES string of the molecule is Cn1c(-c2ccccn2)cccc1=O. The smallest absolute Gasteiger partial charge is 0.250 e. The summed E-state index contributed by atoms with van der Waals surface area (Å²) in [7, 11) is 1.74. The monoisotopic (exact) mass is 186 g/mol. The first-order valence-corrected chi connectivity index (χ1v) is 4.36. The van der Waals surface area contributed by atoms with Crippen molar-refractivity contribution < 1.29 is 0 Å². The third-order valence-electron chi connectivity index (χ3n) is 2.11. The maximum Gasteiger partial charge on any atom is 0.250 e. The Bertz CT molecular complexity index is 488. The van der Waals surface area contributed by atoms with Crippen LogP contribution in [0.4, 0.5) is 0 Å². The molecule has 0 radical (unpaired) electrons. The van der Waals surface area contributed by atoms with Crippen molar-refractivity contribution in [3.8, 4) is 11.4 Å². The Morgan fingerprint density at radius 2 is 2.00 bits per heavy atom. The minimum atomic E-state index is -0.0202. The van der Waals surface area contributed by atoms with E-state index in [1.807, 2.05) is 24.3 Å². The van der Waals surface area contributed by atoms with Gasteiger partial charge < -0.3 is 4.57 Å². The highest BCUT2D eigenvalue weighted by Gasteiger charge is 2.01. The minimum Gasteiger partial charge on any atom is -0.310 e. The quantitative estimate of drug-likeness (QED) is 0.675. The van der Waals surface area contributed by atoms with Gasteiger partial charge in [0.1, 0.15) is 0 Å². The van der Waals surface area contributed by atoms with Crippen molar-refractivity contribution in [1.82, 2.24) is 9.55 Å². The van der Waals surface area contributed by atoms with Gasteiger partial charge in [0, 0.05) is 19.3 Å². The Labute approximate surface area is 81.7 Å². The van der Waals surface area contributed by atoms with Crippen LogP contribution in [0.2, 0.25) is 0 Å². The third-order valence-corrected chi connectivity index (χ3v) is 2.11. The molecule has 2 rings (SSSR count). The predicted molar refractivity (Wildman–Crippen MR) is 54.9 cm³/mol. The number of nitrogens with zero attached hydrogens (tertiary/aromatic N) is 2. The predicted octanol–water partition coefficient (Wildman–Crippen LogP) is 1.45. The van der Waals surface area contributed by atoms with E-state index in [1.165, 1.54) is 6.07 Å². The fraction of sp³-hybridized carbons (Fsp3) is 0.0909. The van der Waals surface area contributed by atoms with Gasteiger partial charge in [-0.2, -0.15) is 0 Å². The van der Waals surface area contributed by atoms with Gasteiger partial charge in [-0.1, -0.05) is 12.1 Å². The lowest BCUT2D eigenvalue weighted by atomic mass is 10.2. The van der Waals surface area contributed by atoms with Gasteiger partial charge in [-0.15, -0.1) is 0 Å². The lowest BCUT2D eigenvalue weighted by Crippen LogP contribution is -2.16. The molecular formula is C11H10N2O. The van der Waals surface area contributed by atoms with Crippen LogP contribution in [0, 0.1) is 0 Å². The van der Waals surface area contributed by atoms with Crippen molar-refractivity contribution in [1.29, 1.82) is 0 Å². The second-order valence-corrected chi connectivity index (χ2v) is 3.02. The van der Waals surface area contributed by atoms with E-state index in [0.29, 0.717) is 0 Å². The average Bonchev–Trinajstić information content (AvgIpc) is 2.23. The topological polar surface area (TPSA) is 34.9 Å². The summed E-state index contributed by atoms with van der Waals surface area (Å²) in [5, 5.41) is 0. The van der Waals surface area contributed by atoms with Gasteiger partial charge in [-0.3, -0.25) is 9.78 Å². The van der Waals surface area contributed by atoms with Crippen molar-refractivity contribution in [2.75, 3.05) is 0 Å². The molecule has 0 aromatic carbocycles. The summed E-state index contributed by atoms with van der Waals surface area (Å²) in [6.07, 6.45) is 1.72. The molecule has 14 heavy (non-hydrogen) atoms. The highest BCUT2D eigenvalue weighted by Crippen LogP contribution is 2.12. The molecule has 0 saturated carbocycles.